The van der Waals surface area contributed by atoms with E-state index in [4.69, 9.17) is 22.7 Å². The van der Waals surface area contributed by atoms with E-state index >= 15 is 0 Å². The second kappa shape index (κ2) is 7.43. The van der Waals surface area contributed by atoms with Gasteiger partial charge in [-0.1, -0.05) is 6.92 Å². The lowest BCUT2D eigenvalue weighted by atomic mass is 9.99. The van der Waals surface area contributed by atoms with Crippen molar-refractivity contribution in [1.82, 2.24) is 5.32 Å². The maximum absolute atomic E-state index is 14.6. The topological polar surface area (TPSA) is 70.8 Å². The summed E-state index contributed by atoms with van der Waals surface area (Å²) >= 11 is 4.73. The number of rotatable bonds is 4. The average Bonchev–Trinajstić information content (AvgIpc) is 2.94. The van der Waals surface area contributed by atoms with Crippen LogP contribution >= 0.6 is 12.2 Å². The molecule has 1 atom stereocenters. The molecule has 0 unspecified atom stereocenters. The van der Waals surface area contributed by atoms with Gasteiger partial charge in [-0.2, -0.15) is 0 Å². The summed E-state index contributed by atoms with van der Waals surface area (Å²) < 4.78 is 19.8. The number of ether oxygens (including phenoxy) is 1. The van der Waals surface area contributed by atoms with Crippen molar-refractivity contribution in [2.24, 2.45) is 11.7 Å². The second-order valence-corrected chi connectivity index (χ2v) is 7.11. The van der Waals surface area contributed by atoms with Crippen LogP contribution in [0.25, 0.3) is 0 Å². The zero-order valence-corrected chi connectivity index (χ0v) is 15.0. The summed E-state index contributed by atoms with van der Waals surface area (Å²) in [4.78, 5) is 15.5. The Morgan fingerprint density at radius 3 is 2.80 bits per heavy atom. The molecule has 1 aromatic carbocycles. The van der Waals surface area contributed by atoms with E-state index in [1.54, 1.807) is 6.07 Å². The van der Waals surface area contributed by atoms with Gasteiger partial charge in [-0.15, -0.1) is 0 Å². The summed E-state index contributed by atoms with van der Waals surface area (Å²) in [5, 5.41) is 2.89. The van der Waals surface area contributed by atoms with Crippen molar-refractivity contribution in [1.29, 1.82) is 0 Å². The van der Waals surface area contributed by atoms with Crippen molar-refractivity contribution in [3.05, 3.63) is 24.0 Å². The van der Waals surface area contributed by atoms with Crippen LogP contribution in [0.2, 0.25) is 0 Å². The van der Waals surface area contributed by atoms with Crippen molar-refractivity contribution < 1.29 is 13.9 Å². The van der Waals surface area contributed by atoms with Crippen LogP contribution < -0.4 is 20.9 Å². The molecule has 0 saturated carbocycles. The highest BCUT2D eigenvalue weighted by Crippen LogP contribution is 2.30. The van der Waals surface area contributed by atoms with Gasteiger partial charge in [0.05, 0.1) is 18.8 Å². The molecule has 25 heavy (non-hydrogen) atoms. The molecule has 6 nitrogen and oxygen atoms in total. The minimum Gasteiger partial charge on any atom is -0.442 e. The van der Waals surface area contributed by atoms with Gasteiger partial charge in [-0.25, -0.2) is 9.18 Å². The van der Waals surface area contributed by atoms with E-state index < -0.39 is 18.0 Å². The molecule has 2 saturated heterocycles. The highest BCUT2D eigenvalue weighted by Gasteiger charge is 2.34. The van der Waals surface area contributed by atoms with Crippen LogP contribution in [0.5, 0.6) is 0 Å². The Bertz CT molecular complexity index is 664. The number of hydrogen-bond acceptors (Lipinski definition) is 4. The fraction of sp³-hybridized carbons (Fsp3) is 0.529. The first kappa shape index (κ1) is 17.7. The number of piperidine rings is 1. The van der Waals surface area contributed by atoms with Crippen LogP contribution in [0.1, 0.15) is 19.8 Å². The minimum absolute atomic E-state index is 0.140. The van der Waals surface area contributed by atoms with Crippen LogP contribution in [-0.4, -0.2) is 43.5 Å². The molecule has 3 rings (SSSR count). The molecule has 136 valence electrons. The third-order valence-corrected chi connectivity index (χ3v) is 4.89. The van der Waals surface area contributed by atoms with Crippen molar-refractivity contribution in [2.75, 3.05) is 36.0 Å². The summed E-state index contributed by atoms with van der Waals surface area (Å²) in [5.74, 6) is 0.294. The summed E-state index contributed by atoms with van der Waals surface area (Å²) in [5.41, 5.74) is 6.46. The van der Waals surface area contributed by atoms with E-state index in [9.17, 15) is 9.18 Å². The van der Waals surface area contributed by atoms with Gasteiger partial charge in [-0.3, -0.25) is 4.90 Å². The van der Waals surface area contributed by atoms with Gasteiger partial charge < -0.3 is 20.7 Å². The molecule has 0 bridgehead atoms. The van der Waals surface area contributed by atoms with Gasteiger partial charge in [0.15, 0.2) is 5.11 Å². The number of carbonyl (C=O) groups is 1. The van der Waals surface area contributed by atoms with E-state index in [1.807, 2.05) is 6.07 Å². The van der Waals surface area contributed by atoms with Gasteiger partial charge >= 0.3 is 6.09 Å². The van der Waals surface area contributed by atoms with Gasteiger partial charge in [0.2, 0.25) is 0 Å². The van der Waals surface area contributed by atoms with E-state index in [1.165, 1.54) is 11.0 Å². The fourth-order valence-electron chi connectivity index (χ4n) is 3.22. The molecule has 1 aromatic rings. The predicted octanol–water partition coefficient (Wildman–Crippen LogP) is 2.22. The summed E-state index contributed by atoms with van der Waals surface area (Å²) in [7, 11) is 0. The number of nitrogens with zero attached hydrogens (tertiary/aromatic N) is 2. The van der Waals surface area contributed by atoms with E-state index in [2.05, 4.69) is 17.1 Å². The van der Waals surface area contributed by atoms with E-state index in [-0.39, 0.29) is 17.3 Å². The summed E-state index contributed by atoms with van der Waals surface area (Å²) in [6.45, 7) is 4.66. The Labute approximate surface area is 152 Å². The average molecular weight is 366 g/mol. The maximum atomic E-state index is 14.6. The standard InChI is InChI=1S/C17H23FN4O2S/c1-11-4-6-21(7-5-11)12-2-3-15(14(18)8-12)22-10-13(24-17(22)23)9-20-16(19)25/h2-3,8,11,13H,4-7,9-10H2,1H3,(H3,19,20,25)/t13-/m0/s1. The number of amides is 1. The first-order valence-corrected chi connectivity index (χ1v) is 8.91. The monoisotopic (exact) mass is 366 g/mol. The number of nitrogens with one attached hydrogen (secondary N) is 1. The Morgan fingerprint density at radius 1 is 1.44 bits per heavy atom. The Kier molecular flexibility index (Phi) is 5.27. The number of thiocarbonyl (C=S) groups is 1. The largest absolute Gasteiger partial charge is 0.442 e. The van der Waals surface area contributed by atoms with E-state index in [0.29, 0.717) is 12.5 Å². The summed E-state index contributed by atoms with van der Waals surface area (Å²) in [6.07, 6.45) is 1.24. The molecule has 8 heteroatoms. The molecular formula is C17H23FN4O2S. The zero-order chi connectivity index (χ0) is 18.0. The molecule has 1 amide bonds. The molecule has 2 heterocycles. The van der Waals surface area contributed by atoms with E-state index in [0.717, 1.165) is 31.6 Å². The molecule has 0 radical (unpaired) electrons. The number of carbonyl (C=O) groups excluding carboxylic acids is 1. The second-order valence-electron chi connectivity index (χ2n) is 6.67. The first-order chi connectivity index (χ1) is 11.9. The van der Waals surface area contributed by atoms with Gasteiger partial charge in [0.1, 0.15) is 11.9 Å². The Hall–Kier alpha value is -2.09. The molecule has 0 spiro atoms. The predicted molar refractivity (Wildman–Crippen MR) is 99.4 cm³/mol. The number of hydrogen-bond donors (Lipinski definition) is 2. The number of anilines is 2. The normalized spacial score (nSPS) is 21.4. The number of benzene rings is 1. The lowest BCUT2D eigenvalue weighted by Crippen LogP contribution is -2.37. The van der Waals surface area contributed by atoms with Crippen LogP contribution in [0, 0.1) is 11.7 Å². The SMILES string of the molecule is CC1CCN(c2ccc(N3C[C@H](CNC(N)=S)OC3=O)c(F)c2)CC1. The molecule has 0 aromatic heterocycles. The quantitative estimate of drug-likeness (QED) is 0.797. The Balaban J connectivity index is 1.68. The van der Waals surface area contributed by atoms with Crippen molar-refractivity contribution in [3.63, 3.8) is 0 Å². The number of nitrogens with two attached hydrogens (primary N) is 1. The number of halogens is 1. The molecule has 2 aliphatic heterocycles. The smallest absolute Gasteiger partial charge is 0.414 e. The van der Waals surface area contributed by atoms with Crippen molar-refractivity contribution in [3.8, 4) is 0 Å². The highest BCUT2D eigenvalue weighted by atomic mass is 32.1. The maximum Gasteiger partial charge on any atom is 0.414 e. The zero-order valence-electron chi connectivity index (χ0n) is 14.2. The van der Waals surface area contributed by atoms with Crippen molar-refractivity contribution >= 4 is 34.8 Å². The van der Waals surface area contributed by atoms with Gasteiger partial charge in [0, 0.05) is 18.8 Å². The lowest BCUT2D eigenvalue weighted by molar-refractivity contribution is 0.143. The molecule has 0 aliphatic carbocycles. The van der Waals surface area contributed by atoms with Crippen LogP contribution in [0.15, 0.2) is 18.2 Å². The van der Waals surface area contributed by atoms with Gasteiger partial charge in [-0.05, 0) is 49.2 Å². The minimum atomic E-state index is -0.562. The third-order valence-electron chi connectivity index (χ3n) is 4.75. The third kappa shape index (κ3) is 4.12. The van der Waals surface area contributed by atoms with Crippen LogP contribution in [-0.2, 0) is 4.74 Å². The lowest BCUT2D eigenvalue weighted by Gasteiger charge is -2.32. The van der Waals surface area contributed by atoms with Crippen LogP contribution in [0.3, 0.4) is 0 Å². The molecule has 2 fully saturated rings. The fourth-order valence-corrected chi connectivity index (χ4v) is 3.30. The summed E-state index contributed by atoms with van der Waals surface area (Å²) in [6, 6.07) is 5.01. The highest BCUT2D eigenvalue weighted by molar-refractivity contribution is 7.80. The molecule has 3 N–H and O–H groups in total. The molecular weight excluding hydrogens is 343 g/mol. The van der Waals surface area contributed by atoms with Crippen molar-refractivity contribution in [2.45, 2.75) is 25.9 Å². The molecule has 2 aliphatic rings. The number of cyclic esters (lactones) is 1. The Morgan fingerprint density at radius 2 is 2.16 bits per heavy atom. The van der Waals surface area contributed by atoms with Gasteiger partial charge in [0.25, 0.3) is 0 Å². The van der Waals surface area contributed by atoms with Crippen LogP contribution in [0.4, 0.5) is 20.6 Å². The first-order valence-electron chi connectivity index (χ1n) is 8.50.